The number of methoxy groups -OCH3 is 1. The van der Waals surface area contributed by atoms with Gasteiger partial charge in [-0.2, -0.15) is 0 Å². The van der Waals surface area contributed by atoms with E-state index < -0.39 is 0 Å². The van der Waals surface area contributed by atoms with Crippen LogP contribution in [-0.2, 0) is 9.53 Å². The van der Waals surface area contributed by atoms with Crippen LogP contribution < -0.4 is 5.32 Å². The number of aromatic nitrogens is 1. The SMILES string of the molecule is COC(=O)[C@H]1CCC[C@H](NC(=O)c2ccccn2)C1. The summed E-state index contributed by atoms with van der Waals surface area (Å²) in [6.45, 7) is 0. The minimum atomic E-state index is -0.184. The van der Waals surface area contributed by atoms with E-state index in [1.54, 1.807) is 24.4 Å². The number of carbonyl (C=O) groups excluding carboxylic acids is 2. The average Bonchev–Trinajstić information content (AvgIpc) is 2.47. The minimum absolute atomic E-state index is 0.0207. The van der Waals surface area contributed by atoms with Crippen LogP contribution in [0.1, 0.15) is 36.2 Å². The van der Waals surface area contributed by atoms with Crippen molar-refractivity contribution in [2.45, 2.75) is 31.7 Å². The van der Waals surface area contributed by atoms with E-state index in [4.69, 9.17) is 4.74 Å². The summed E-state index contributed by atoms with van der Waals surface area (Å²) >= 11 is 0. The topological polar surface area (TPSA) is 68.3 Å². The third kappa shape index (κ3) is 3.53. The fraction of sp³-hybridized carbons (Fsp3) is 0.500. The second-order valence-electron chi connectivity index (χ2n) is 4.77. The highest BCUT2D eigenvalue weighted by Gasteiger charge is 2.28. The van der Waals surface area contributed by atoms with Gasteiger partial charge in [-0.1, -0.05) is 12.5 Å². The maximum atomic E-state index is 12.0. The lowest BCUT2D eigenvalue weighted by Gasteiger charge is -2.28. The first-order valence-corrected chi connectivity index (χ1v) is 6.50. The Labute approximate surface area is 112 Å². The third-order valence-electron chi connectivity index (χ3n) is 3.44. The molecule has 1 fully saturated rings. The third-order valence-corrected chi connectivity index (χ3v) is 3.44. The summed E-state index contributed by atoms with van der Waals surface area (Å²) in [6.07, 6.45) is 4.89. The van der Waals surface area contributed by atoms with Crippen molar-refractivity contribution in [1.29, 1.82) is 0 Å². The monoisotopic (exact) mass is 262 g/mol. The van der Waals surface area contributed by atoms with Gasteiger partial charge in [-0.25, -0.2) is 0 Å². The van der Waals surface area contributed by atoms with E-state index >= 15 is 0 Å². The van der Waals surface area contributed by atoms with Gasteiger partial charge in [-0.05, 0) is 31.4 Å². The molecular formula is C14H18N2O3. The van der Waals surface area contributed by atoms with Gasteiger partial charge in [0.15, 0.2) is 0 Å². The largest absolute Gasteiger partial charge is 0.469 e. The minimum Gasteiger partial charge on any atom is -0.469 e. The van der Waals surface area contributed by atoms with Crippen molar-refractivity contribution in [2.24, 2.45) is 5.92 Å². The van der Waals surface area contributed by atoms with Gasteiger partial charge < -0.3 is 10.1 Å². The fourth-order valence-corrected chi connectivity index (χ4v) is 2.46. The number of nitrogens with one attached hydrogen (secondary N) is 1. The predicted octanol–water partition coefficient (Wildman–Crippen LogP) is 1.54. The zero-order chi connectivity index (χ0) is 13.7. The molecule has 0 aromatic carbocycles. The second kappa shape index (κ2) is 6.31. The molecule has 1 aromatic heterocycles. The number of ether oxygens (including phenoxy) is 1. The zero-order valence-electron chi connectivity index (χ0n) is 11.0. The first-order valence-electron chi connectivity index (χ1n) is 6.50. The molecule has 19 heavy (non-hydrogen) atoms. The number of hydrogen-bond donors (Lipinski definition) is 1. The van der Waals surface area contributed by atoms with E-state index in [1.165, 1.54) is 7.11 Å². The van der Waals surface area contributed by atoms with Crippen LogP contribution in [0.3, 0.4) is 0 Å². The Hall–Kier alpha value is -1.91. The lowest BCUT2D eigenvalue weighted by molar-refractivity contribution is -0.146. The quantitative estimate of drug-likeness (QED) is 0.839. The molecule has 0 bridgehead atoms. The molecule has 5 nitrogen and oxygen atoms in total. The zero-order valence-corrected chi connectivity index (χ0v) is 11.0. The molecule has 0 spiro atoms. The van der Waals surface area contributed by atoms with Crippen molar-refractivity contribution in [3.63, 3.8) is 0 Å². The van der Waals surface area contributed by atoms with Crippen LogP contribution in [0.15, 0.2) is 24.4 Å². The van der Waals surface area contributed by atoms with Gasteiger partial charge in [-0.15, -0.1) is 0 Å². The van der Waals surface area contributed by atoms with E-state index in [0.717, 1.165) is 19.3 Å². The number of hydrogen-bond acceptors (Lipinski definition) is 4. The van der Waals surface area contributed by atoms with E-state index in [1.807, 2.05) is 0 Å². The van der Waals surface area contributed by atoms with Gasteiger partial charge in [0.1, 0.15) is 5.69 Å². The summed E-state index contributed by atoms with van der Waals surface area (Å²) in [5.74, 6) is -0.472. The Kier molecular flexibility index (Phi) is 4.49. The van der Waals surface area contributed by atoms with Gasteiger partial charge in [0.05, 0.1) is 13.0 Å². The molecule has 1 N–H and O–H groups in total. The Morgan fingerprint density at radius 1 is 1.37 bits per heavy atom. The van der Waals surface area contributed by atoms with Gasteiger partial charge in [0.25, 0.3) is 5.91 Å². The summed E-state index contributed by atoms with van der Waals surface area (Å²) in [5, 5.41) is 2.93. The Balaban J connectivity index is 1.92. The Morgan fingerprint density at radius 3 is 2.89 bits per heavy atom. The average molecular weight is 262 g/mol. The molecule has 102 valence electrons. The van der Waals surface area contributed by atoms with Crippen molar-refractivity contribution in [3.05, 3.63) is 30.1 Å². The van der Waals surface area contributed by atoms with Gasteiger partial charge in [0, 0.05) is 12.2 Å². The van der Waals surface area contributed by atoms with Gasteiger partial charge in [0.2, 0.25) is 0 Å². The second-order valence-corrected chi connectivity index (χ2v) is 4.77. The predicted molar refractivity (Wildman–Crippen MR) is 69.5 cm³/mol. The van der Waals surface area contributed by atoms with E-state index in [0.29, 0.717) is 12.1 Å². The van der Waals surface area contributed by atoms with Crippen LogP contribution in [0.4, 0.5) is 0 Å². The number of nitrogens with zero attached hydrogens (tertiary/aromatic N) is 1. The summed E-state index contributed by atoms with van der Waals surface area (Å²) < 4.78 is 4.76. The van der Waals surface area contributed by atoms with Crippen molar-refractivity contribution >= 4 is 11.9 Å². The van der Waals surface area contributed by atoms with Gasteiger partial charge in [-0.3, -0.25) is 14.6 Å². The molecule has 2 atom stereocenters. The van der Waals surface area contributed by atoms with Crippen LogP contribution in [0.25, 0.3) is 0 Å². The number of carbonyl (C=O) groups is 2. The molecule has 1 heterocycles. The maximum absolute atomic E-state index is 12.0. The molecule has 5 heteroatoms. The summed E-state index contributed by atoms with van der Waals surface area (Å²) in [5.41, 5.74) is 0.405. The van der Waals surface area contributed by atoms with Crippen LogP contribution in [0, 0.1) is 5.92 Å². The molecule has 0 saturated heterocycles. The van der Waals surface area contributed by atoms with Crippen LogP contribution in [0.5, 0.6) is 0 Å². The molecule has 1 aromatic rings. The summed E-state index contributed by atoms with van der Waals surface area (Å²) in [4.78, 5) is 27.5. The number of amides is 1. The number of pyridine rings is 1. The molecular weight excluding hydrogens is 244 g/mol. The highest BCUT2D eigenvalue weighted by atomic mass is 16.5. The molecule has 1 aliphatic carbocycles. The molecule has 1 amide bonds. The number of esters is 1. The van der Waals surface area contributed by atoms with Crippen molar-refractivity contribution in [1.82, 2.24) is 10.3 Å². The lowest BCUT2D eigenvalue weighted by atomic mass is 9.85. The molecule has 0 aliphatic heterocycles. The molecule has 0 unspecified atom stereocenters. The fourth-order valence-electron chi connectivity index (χ4n) is 2.46. The summed E-state index contributed by atoms with van der Waals surface area (Å²) in [7, 11) is 1.40. The van der Waals surface area contributed by atoms with Crippen molar-refractivity contribution in [2.75, 3.05) is 7.11 Å². The lowest BCUT2D eigenvalue weighted by Crippen LogP contribution is -2.40. The van der Waals surface area contributed by atoms with Crippen molar-refractivity contribution in [3.8, 4) is 0 Å². The van der Waals surface area contributed by atoms with Crippen LogP contribution in [0.2, 0.25) is 0 Å². The summed E-state index contributed by atoms with van der Waals surface area (Å²) in [6, 6.07) is 5.24. The first kappa shape index (κ1) is 13.5. The normalized spacial score (nSPS) is 22.6. The van der Waals surface area contributed by atoms with Crippen molar-refractivity contribution < 1.29 is 14.3 Å². The standard InChI is InChI=1S/C14H18N2O3/c1-19-14(18)10-5-4-6-11(9-10)16-13(17)12-7-2-3-8-15-12/h2-3,7-8,10-11H,4-6,9H2,1H3,(H,16,17)/t10-,11-/m0/s1. The molecule has 2 rings (SSSR count). The first-order chi connectivity index (χ1) is 9.20. The Bertz CT molecular complexity index is 447. The molecule has 1 saturated carbocycles. The van der Waals surface area contributed by atoms with E-state index in [-0.39, 0.29) is 23.8 Å². The molecule has 1 aliphatic rings. The molecule has 0 radical (unpaired) electrons. The van der Waals surface area contributed by atoms with Crippen LogP contribution >= 0.6 is 0 Å². The Morgan fingerprint density at radius 2 is 2.21 bits per heavy atom. The highest BCUT2D eigenvalue weighted by Crippen LogP contribution is 2.25. The number of rotatable bonds is 3. The maximum Gasteiger partial charge on any atom is 0.308 e. The van der Waals surface area contributed by atoms with Gasteiger partial charge >= 0.3 is 5.97 Å². The smallest absolute Gasteiger partial charge is 0.308 e. The van der Waals surface area contributed by atoms with Crippen LogP contribution in [-0.4, -0.2) is 30.0 Å². The van der Waals surface area contributed by atoms with E-state index in [2.05, 4.69) is 10.3 Å². The highest BCUT2D eigenvalue weighted by molar-refractivity contribution is 5.92. The van der Waals surface area contributed by atoms with E-state index in [9.17, 15) is 9.59 Å².